The Hall–Kier alpha value is -0.120. The summed E-state index contributed by atoms with van der Waals surface area (Å²) in [5.41, 5.74) is -0.0556. The zero-order chi connectivity index (χ0) is 10.9. The number of nitrogens with zero attached hydrogens (tertiary/aromatic N) is 1. The molecule has 0 saturated carbocycles. The molecule has 15 heavy (non-hydrogen) atoms. The second-order valence-electron chi connectivity index (χ2n) is 5.54. The maximum Gasteiger partial charge on any atom is 0.117 e. The van der Waals surface area contributed by atoms with Gasteiger partial charge < -0.3 is 9.64 Å². The lowest BCUT2D eigenvalue weighted by molar-refractivity contribution is -0.0199. The molecule has 0 amide bonds. The maximum atomic E-state index is 5.86. The van der Waals surface area contributed by atoms with Crippen LogP contribution in [-0.4, -0.2) is 43.4 Å². The topological polar surface area (TPSA) is 24.5 Å². The van der Waals surface area contributed by atoms with E-state index >= 15 is 0 Å². The van der Waals surface area contributed by atoms with Crippen LogP contribution in [0.15, 0.2) is 0 Å². The second-order valence-corrected chi connectivity index (χ2v) is 5.54. The third kappa shape index (κ3) is 2.92. The van der Waals surface area contributed by atoms with Crippen molar-refractivity contribution in [3.05, 3.63) is 0 Å². The van der Waals surface area contributed by atoms with Crippen LogP contribution in [0.3, 0.4) is 0 Å². The Morgan fingerprint density at radius 3 is 2.60 bits per heavy atom. The Kier molecular flexibility index (Phi) is 3.33. The number of rotatable bonds is 2. The molecule has 0 radical (unpaired) electrons. The van der Waals surface area contributed by atoms with Crippen molar-refractivity contribution in [2.24, 2.45) is 5.92 Å². The Labute approximate surface area is 93.2 Å². The minimum atomic E-state index is -0.0556. The summed E-state index contributed by atoms with van der Waals surface area (Å²) in [4.78, 5) is 2.42. The molecule has 0 aliphatic carbocycles. The van der Waals surface area contributed by atoms with Crippen LogP contribution < -0.4 is 5.32 Å². The monoisotopic (exact) mass is 212 g/mol. The average molecular weight is 212 g/mol. The summed E-state index contributed by atoms with van der Waals surface area (Å²) < 4.78 is 5.86. The fourth-order valence-corrected chi connectivity index (χ4v) is 2.85. The molecule has 2 saturated heterocycles. The van der Waals surface area contributed by atoms with Crippen molar-refractivity contribution in [2.45, 2.75) is 44.9 Å². The van der Waals surface area contributed by atoms with Gasteiger partial charge in [-0.25, -0.2) is 0 Å². The highest BCUT2D eigenvalue weighted by Gasteiger charge is 2.36. The van der Waals surface area contributed by atoms with Gasteiger partial charge >= 0.3 is 0 Å². The quantitative estimate of drug-likeness (QED) is 0.749. The molecule has 0 bridgehead atoms. The van der Waals surface area contributed by atoms with Gasteiger partial charge in [-0.3, -0.25) is 5.32 Å². The largest absolute Gasteiger partial charge is 0.359 e. The third-order valence-electron chi connectivity index (χ3n) is 3.72. The highest BCUT2D eigenvalue weighted by molar-refractivity contribution is 4.86. The zero-order valence-corrected chi connectivity index (χ0v) is 10.3. The zero-order valence-electron chi connectivity index (χ0n) is 10.3. The van der Waals surface area contributed by atoms with Crippen LogP contribution in [0, 0.1) is 5.92 Å². The molecule has 0 aromatic heterocycles. The van der Waals surface area contributed by atoms with Crippen LogP contribution in [-0.2, 0) is 4.74 Å². The van der Waals surface area contributed by atoms with E-state index in [4.69, 9.17) is 4.74 Å². The molecule has 0 aromatic rings. The van der Waals surface area contributed by atoms with E-state index in [1.54, 1.807) is 0 Å². The van der Waals surface area contributed by atoms with E-state index in [0.717, 1.165) is 12.5 Å². The number of piperidine rings is 1. The van der Waals surface area contributed by atoms with Gasteiger partial charge in [-0.1, -0.05) is 0 Å². The van der Waals surface area contributed by atoms with Gasteiger partial charge in [-0.2, -0.15) is 0 Å². The maximum absolute atomic E-state index is 5.86. The second kappa shape index (κ2) is 4.40. The van der Waals surface area contributed by atoms with E-state index in [1.807, 2.05) is 0 Å². The Balaban J connectivity index is 1.81. The number of nitrogens with one attached hydrogen (secondary N) is 1. The predicted octanol–water partition coefficient (Wildman–Crippen LogP) is 1.44. The van der Waals surface area contributed by atoms with E-state index in [1.165, 1.54) is 32.4 Å². The van der Waals surface area contributed by atoms with Crippen molar-refractivity contribution < 1.29 is 4.74 Å². The highest BCUT2D eigenvalue weighted by atomic mass is 16.5. The summed E-state index contributed by atoms with van der Waals surface area (Å²) in [5.74, 6) is 0.837. The van der Waals surface area contributed by atoms with Crippen molar-refractivity contribution in [1.29, 1.82) is 0 Å². The molecule has 3 heteroatoms. The van der Waals surface area contributed by atoms with E-state index < -0.39 is 0 Å². The van der Waals surface area contributed by atoms with Crippen molar-refractivity contribution >= 4 is 0 Å². The lowest BCUT2D eigenvalue weighted by Gasteiger charge is -2.34. The highest BCUT2D eigenvalue weighted by Crippen LogP contribution is 2.29. The van der Waals surface area contributed by atoms with Gasteiger partial charge in [0.2, 0.25) is 0 Å². The van der Waals surface area contributed by atoms with Crippen molar-refractivity contribution in [3.63, 3.8) is 0 Å². The first-order valence-electron chi connectivity index (χ1n) is 6.18. The standard InChI is InChI=1S/C12H24N2O/c1-10-9-15-12(2,13-10)8-11-4-6-14(3)7-5-11/h10-11,13H,4-9H2,1-3H3. The smallest absolute Gasteiger partial charge is 0.117 e. The minimum Gasteiger partial charge on any atom is -0.359 e. The summed E-state index contributed by atoms with van der Waals surface area (Å²) in [7, 11) is 2.21. The van der Waals surface area contributed by atoms with Crippen LogP contribution in [0.1, 0.15) is 33.1 Å². The first-order chi connectivity index (χ1) is 7.07. The summed E-state index contributed by atoms with van der Waals surface area (Å²) in [6.45, 7) is 7.75. The number of ether oxygens (including phenoxy) is 1. The SMILES string of the molecule is CC1COC(C)(CC2CCN(C)CC2)N1. The molecule has 1 N–H and O–H groups in total. The van der Waals surface area contributed by atoms with Gasteiger partial charge in [0.15, 0.2) is 0 Å². The lowest BCUT2D eigenvalue weighted by Crippen LogP contribution is -2.43. The molecule has 0 aromatic carbocycles. The fraction of sp³-hybridized carbons (Fsp3) is 1.00. The normalized spacial score (nSPS) is 39.8. The molecule has 2 heterocycles. The first-order valence-corrected chi connectivity index (χ1v) is 6.18. The lowest BCUT2D eigenvalue weighted by atomic mass is 9.89. The van der Waals surface area contributed by atoms with Crippen LogP contribution in [0.5, 0.6) is 0 Å². The summed E-state index contributed by atoms with van der Waals surface area (Å²) >= 11 is 0. The van der Waals surface area contributed by atoms with Crippen molar-refractivity contribution in [2.75, 3.05) is 26.7 Å². The van der Waals surface area contributed by atoms with Crippen LogP contribution in [0.4, 0.5) is 0 Å². The number of hydrogen-bond donors (Lipinski definition) is 1. The number of hydrogen-bond acceptors (Lipinski definition) is 3. The van der Waals surface area contributed by atoms with Crippen molar-refractivity contribution in [3.8, 4) is 0 Å². The Morgan fingerprint density at radius 2 is 2.07 bits per heavy atom. The Bertz CT molecular complexity index is 214. The molecule has 2 atom stereocenters. The molecule has 88 valence electrons. The molecule has 2 fully saturated rings. The first kappa shape index (κ1) is 11.4. The van der Waals surface area contributed by atoms with E-state index in [2.05, 4.69) is 31.1 Å². The summed E-state index contributed by atoms with van der Waals surface area (Å²) in [6.07, 6.45) is 3.82. The van der Waals surface area contributed by atoms with Gasteiger partial charge in [-0.15, -0.1) is 0 Å². The van der Waals surface area contributed by atoms with E-state index in [0.29, 0.717) is 6.04 Å². The molecule has 2 aliphatic rings. The molecular weight excluding hydrogens is 188 g/mol. The fourth-order valence-electron chi connectivity index (χ4n) is 2.85. The van der Waals surface area contributed by atoms with Gasteiger partial charge in [0, 0.05) is 6.04 Å². The third-order valence-corrected chi connectivity index (χ3v) is 3.72. The molecule has 2 unspecified atom stereocenters. The van der Waals surface area contributed by atoms with Gasteiger partial charge in [-0.05, 0) is 59.2 Å². The van der Waals surface area contributed by atoms with Crippen LogP contribution >= 0.6 is 0 Å². The molecule has 2 rings (SSSR count). The minimum absolute atomic E-state index is 0.0556. The molecule has 3 nitrogen and oxygen atoms in total. The predicted molar refractivity (Wildman–Crippen MR) is 61.8 cm³/mol. The van der Waals surface area contributed by atoms with Crippen LogP contribution in [0.25, 0.3) is 0 Å². The van der Waals surface area contributed by atoms with Gasteiger partial charge in [0.1, 0.15) is 5.72 Å². The van der Waals surface area contributed by atoms with E-state index in [9.17, 15) is 0 Å². The Morgan fingerprint density at radius 1 is 1.40 bits per heavy atom. The summed E-state index contributed by atoms with van der Waals surface area (Å²) in [6, 6.07) is 0.515. The average Bonchev–Trinajstić information content (AvgIpc) is 2.50. The van der Waals surface area contributed by atoms with Crippen LogP contribution in [0.2, 0.25) is 0 Å². The van der Waals surface area contributed by atoms with Gasteiger partial charge in [0.05, 0.1) is 6.61 Å². The van der Waals surface area contributed by atoms with Gasteiger partial charge in [0.25, 0.3) is 0 Å². The molecule has 0 spiro atoms. The number of likely N-dealkylation sites (tertiary alicyclic amines) is 1. The summed E-state index contributed by atoms with van der Waals surface area (Å²) in [5, 5.41) is 3.55. The molecule has 2 aliphatic heterocycles. The molecular formula is C12H24N2O. The van der Waals surface area contributed by atoms with Crippen molar-refractivity contribution in [1.82, 2.24) is 10.2 Å². The van der Waals surface area contributed by atoms with E-state index in [-0.39, 0.29) is 5.72 Å².